The van der Waals surface area contributed by atoms with Crippen LogP contribution in [0.25, 0.3) is 10.8 Å². The summed E-state index contributed by atoms with van der Waals surface area (Å²) in [5.41, 5.74) is 1.61. The van der Waals surface area contributed by atoms with Crippen LogP contribution >= 0.6 is 0 Å². The molecular weight excluding hydrogens is 251 g/mol. The first-order chi connectivity index (χ1) is 9.81. The van der Waals surface area contributed by atoms with Crippen molar-refractivity contribution >= 4 is 10.8 Å². The lowest BCUT2D eigenvalue weighted by molar-refractivity contribution is 0.577. The van der Waals surface area contributed by atoms with Gasteiger partial charge in [-0.3, -0.25) is 4.98 Å². The van der Waals surface area contributed by atoms with E-state index < -0.39 is 0 Å². The average Bonchev–Trinajstić information content (AvgIpc) is 2.50. The van der Waals surface area contributed by atoms with Crippen molar-refractivity contribution in [1.82, 2.24) is 10.3 Å². The van der Waals surface area contributed by atoms with E-state index in [1.807, 2.05) is 43.6 Å². The van der Waals surface area contributed by atoms with Crippen LogP contribution in [-0.2, 0) is 0 Å². The first-order valence-corrected chi connectivity index (χ1v) is 6.55. The molecule has 0 aliphatic carbocycles. The second kappa shape index (κ2) is 5.39. The molecule has 0 aliphatic rings. The van der Waals surface area contributed by atoms with E-state index in [-0.39, 0.29) is 11.9 Å². The Hall–Kier alpha value is -2.26. The molecule has 0 bridgehead atoms. The number of nitrogens with zero attached hydrogens (tertiary/aromatic N) is 1. The van der Waals surface area contributed by atoms with Gasteiger partial charge in [-0.25, -0.2) is 4.39 Å². The average molecular weight is 266 g/mol. The molecule has 3 aromatic rings. The van der Waals surface area contributed by atoms with E-state index in [2.05, 4.69) is 10.3 Å². The molecule has 0 fully saturated rings. The van der Waals surface area contributed by atoms with Crippen LogP contribution in [-0.4, -0.2) is 12.0 Å². The van der Waals surface area contributed by atoms with Crippen molar-refractivity contribution in [2.75, 3.05) is 7.05 Å². The summed E-state index contributed by atoms with van der Waals surface area (Å²) in [4.78, 5) is 4.27. The summed E-state index contributed by atoms with van der Waals surface area (Å²) in [7, 11) is 1.83. The Labute approximate surface area is 117 Å². The number of hydrogen-bond donors (Lipinski definition) is 1. The predicted octanol–water partition coefficient (Wildman–Crippen LogP) is 3.68. The second-order valence-corrected chi connectivity index (χ2v) is 4.69. The lowest BCUT2D eigenvalue weighted by atomic mass is 9.95. The third kappa shape index (κ3) is 2.17. The zero-order chi connectivity index (χ0) is 13.9. The van der Waals surface area contributed by atoms with E-state index >= 15 is 0 Å². The maximum Gasteiger partial charge on any atom is 0.128 e. The predicted molar refractivity (Wildman–Crippen MR) is 79.0 cm³/mol. The molecule has 2 aromatic carbocycles. The van der Waals surface area contributed by atoms with Crippen LogP contribution in [0, 0.1) is 5.82 Å². The number of pyridine rings is 1. The highest BCUT2D eigenvalue weighted by Gasteiger charge is 2.18. The smallest absolute Gasteiger partial charge is 0.128 e. The van der Waals surface area contributed by atoms with Gasteiger partial charge in [0.1, 0.15) is 5.82 Å². The normalized spacial score (nSPS) is 12.5. The quantitative estimate of drug-likeness (QED) is 0.782. The minimum Gasteiger partial charge on any atom is -0.309 e. The summed E-state index contributed by atoms with van der Waals surface area (Å²) >= 11 is 0. The molecule has 1 atom stereocenters. The van der Waals surface area contributed by atoms with E-state index in [1.165, 1.54) is 6.07 Å². The summed E-state index contributed by atoms with van der Waals surface area (Å²) in [5, 5.41) is 5.33. The minimum atomic E-state index is -0.213. The summed E-state index contributed by atoms with van der Waals surface area (Å²) in [6.07, 6.45) is 3.63. The summed E-state index contributed by atoms with van der Waals surface area (Å²) < 4.78 is 14.1. The molecule has 20 heavy (non-hydrogen) atoms. The number of rotatable bonds is 3. The van der Waals surface area contributed by atoms with Gasteiger partial charge in [-0.05, 0) is 24.1 Å². The zero-order valence-electron chi connectivity index (χ0n) is 11.2. The van der Waals surface area contributed by atoms with Crippen LogP contribution in [0.4, 0.5) is 4.39 Å². The molecule has 1 unspecified atom stereocenters. The lowest BCUT2D eigenvalue weighted by Crippen LogP contribution is -2.19. The Morgan fingerprint density at radius 3 is 2.50 bits per heavy atom. The van der Waals surface area contributed by atoms with Crippen LogP contribution in [0.2, 0.25) is 0 Å². The molecule has 3 heteroatoms. The fourth-order valence-electron chi connectivity index (χ4n) is 2.56. The summed E-state index contributed by atoms with van der Waals surface area (Å²) in [6.45, 7) is 0. The van der Waals surface area contributed by atoms with Crippen LogP contribution < -0.4 is 5.32 Å². The fourth-order valence-corrected chi connectivity index (χ4v) is 2.56. The van der Waals surface area contributed by atoms with Crippen molar-refractivity contribution in [2.45, 2.75) is 6.04 Å². The van der Waals surface area contributed by atoms with Gasteiger partial charge in [0.05, 0.1) is 6.04 Å². The Morgan fingerprint density at radius 1 is 0.950 bits per heavy atom. The van der Waals surface area contributed by atoms with Gasteiger partial charge in [0.15, 0.2) is 0 Å². The maximum absolute atomic E-state index is 14.1. The zero-order valence-corrected chi connectivity index (χ0v) is 11.2. The molecule has 0 saturated carbocycles. The highest BCUT2D eigenvalue weighted by molar-refractivity contribution is 5.85. The molecule has 1 N–H and O–H groups in total. The van der Waals surface area contributed by atoms with Gasteiger partial charge in [0.2, 0.25) is 0 Å². The summed E-state index contributed by atoms with van der Waals surface area (Å²) in [6, 6.07) is 14.6. The van der Waals surface area contributed by atoms with Gasteiger partial charge >= 0.3 is 0 Å². The minimum absolute atomic E-state index is 0.209. The Bertz CT molecular complexity index is 734. The van der Waals surface area contributed by atoms with E-state index in [1.54, 1.807) is 18.3 Å². The van der Waals surface area contributed by atoms with E-state index in [0.717, 1.165) is 16.3 Å². The number of hydrogen-bond acceptors (Lipinski definition) is 2. The monoisotopic (exact) mass is 266 g/mol. The third-order valence-electron chi connectivity index (χ3n) is 3.51. The Morgan fingerprint density at radius 2 is 1.70 bits per heavy atom. The lowest BCUT2D eigenvalue weighted by Gasteiger charge is -2.19. The molecule has 0 aliphatic heterocycles. The van der Waals surface area contributed by atoms with Crippen molar-refractivity contribution in [3.63, 3.8) is 0 Å². The van der Waals surface area contributed by atoms with Crippen molar-refractivity contribution in [2.24, 2.45) is 0 Å². The second-order valence-electron chi connectivity index (χ2n) is 4.69. The highest BCUT2D eigenvalue weighted by atomic mass is 19.1. The fraction of sp³-hybridized carbons (Fsp3) is 0.118. The molecule has 0 amide bonds. The molecule has 1 heterocycles. The van der Waals surface area contributed by atoms with Crippen LogP contribution in [0.3, 0.4) is 0 Å². The van der Waals surface area contributed by atoms with Crippen LogP contribution in [0.1, 0.15) is 17.2 Å². The first kappa shape index (κ1) is 12.8. The van der Waals surface area contributed by atoms with Gasteiger partial charge in [-0.1, -0.05) is 42.5 Å². The van der Waals surface area contributed by atoms with Crippen molar-refractivity contribution in [1.29, 1.82) is 0 Å². The van der Waals surface area contributed by atoms with E-state index in [9.17, 15) is 4.39 Å². The van der Waals surface area contributed by atoms with Crippen molar-refractivity contribution in [3.8, 4) is 0 Å². The number of nitrogens with one attached hydrogen (secondary N) is 1. The molecular formula is C17H15FN2. The molecule has 2 nitrogen and oxygen atoms in total. The number of aromatic nitrogens is 1. The van der Waals surface area contributed by atoms with Crippen LogP contribution in [0.15, 0.2) is 60.9 Å². The van der Waals surface area contributed by atoms with E-state index in [0.29, 0.717) is 5.56 Å². The first-order valence-electron chi connectivity index (χ1n) is 6.55. The highest BCUT2D eigenvalue weighted by Crippen LogP contribution is 2.29. The van der Waals surface area contributed by atoms with Gasteiger partial charge in [0, 0.05) is 23.3 Å². The summed E-state index contributed by atoms with van der Waals surface area (Å²) in [5.74, 6) is -0.209. The number of halogens is 1. The molecule has 3 rings (SSSR count). The number of benzene rings is 2. The number of fused-ring (bicyclic) bond motifs is 1. The Balaban J connectivity index is 2.20. The van der Waals surface area contributed by atoms with Gasteiger partial charge in [-0.15, -0.1) is 0 Å². The third-order valence-corrected chi connectivity index (χ3v) is 3.51. The van der Waals surface area contributed by atoms with Crippen LogP contribution in [0.5, 0.6) is 0 Å². The van der Waals surface area contributed by atoms with Crippen molar-refractivity contribution in [3.05, 3.63) is 77.9 Å². The van der Waals surface area contributed by atoms with Crippen molar-refractivity contribution < 1.29 is 4.39 Å². The molecule has 100 valence electrons. The Kier molecular flexibility index (Phi) is 3.44. The molecule has 0 radical (unpaired) electrons. The molecule has 0 saturated heterocycles. The SMILES string of the molecule is CNC(c1ccccc1F)c1cncc2ccccc12. The van der Waals surface area contributed by atoms with Gasteiger partial charge in [-0.2, -0.15) is 0 Å². The maximum atomic E-state index is 14.1. The standard InChI is InChI=1S/C17H15FN2/c1-19-17(14-8-4-5-9-16(14)18)15-11-20-10-12-6-2-3-7-13(12)15/h2-11,17,19H,1H3. The van der Waals surface area contributed by atoms with Gasteiger partial charge < -0.3 is 5.32 Å². The topological polar surface area (TPSA) is 24.9 Å². The largest absolute Gasteiger partial charge is 0.309 e. The van der Waals surface area contributed by atoms with Gasteiger partial charge in [0.25, 0.3) is 0 Å². The molecule has 1 aromatic heterocycles. The molecule has 0 spiro atoms. The van der Waals surface area contributed by atoms with E-state index in [4.69, 9.17) is 0 Å².